The Morgan fingerprint density at radius 2 is 1.87 bits per heavy atom. The Bertz CT molecular complexity index is 677. The van der Waals surface area contributed by atoms with Crippen molar-refractivity contribution < 1.29 is 9.59 Å². The van der Waals surface area contributed by atoms with Gasteiger partial charge in [-0.25, -0.2) is 0 Å². The number of rotatable bonds is 5. The first-order valence-electron chi connectivity index (χ1n) is 7.78. The van der Waals surface area contributed by atoms with Gasteiger partial charge in [0, 0.05) is 26.1 Å². The van der Waals surface area contributed by atoms with E-state index in [0.29, 0.717) is 13.0 Å². The second kappa shape index (κ2) is 7.04. The normalized spacial score (nSPS) is 14.0. The molecule has 0 unspecified atom stereocenters. The van der Waals surface area contributed by atoms with E-state index in [-0.39, 0.29) is 17.5 Å². The van der Waals surface area contributed by atoms with Crippen molar-refractivity contribution in [2.24, 2.45) is 0 Å². The molecule has 0 saturated carbocycles. The van der Waals surface area contributed by atoms with Crippen LogP contribution < -0.4 is 5.32 Å². The summed E-state index contributed by atoms with van der Waals surface area (Å²) in [5.41, 5.74) is 1.03. The van der Waals surface area contributed by atoms with Gasteiger partial charge in [0.2, 0.25) is 5.91 Å². The van der Waals surface area contributed by atoms with Crippen molar-refractivity contribution in [1.29, 1.82) is 0 Å². The zero-order valence-electron chi connectivity index (χ0n) is 12.8. The Kier molecular flexibility index (Phi) is 4.65. The van der Waals surface area contributed by atoms with Gasteiger partial charge in [-0.05, 0) is 25.0 Å². The molecule has 0 bridgehead atoms. The lowest BCUT2D eigenvalue weighted by Crippen LogP contribution is -2.32. The first kappa shape index (κ1) is 15.2. The summed E-state index contributed by atoms with van der Waals surface area (Å²) in [7, 11) is 0. The molecule has 23 heavy (non-hydrogen) atoms. The van der Waals surface area contributed by atoms with Crippen molar-refractivity contribution in [3.05, 3.63) is 42.2 Å². The molecule has 2 aromatic rings. The van der Waals surface area contributed by atoms with Gasteiger partial charge in [-0.3, -0.25) is 9.59 Å². The van der Waals surface area contributed by atoms with Crippen LogP contribution in [0.25, 0.3) is 5.69 Å². The zero-order chi connectivity index (χ0) is 16.1. The third-order valence-corrected chi connectivity index (χ3v) is 3.79. The van der Waals surface area contributed by atoms with Crippen molar-refractivity contribution in [2.45, 2.75) is 19.3 Å². The van der Waals surface area contributed by atoms with Crippen LogP contribution in [0.4, 0.5) is 0 Å². The fourth-order valence-corrected chi connectivity index (χ4v) is 2.55. The Morgan fingerprint density at radius 3 is 2.61 bits per heavy atom. The number of likely N-dealkylation sites (tertiary alicyclic amines) is 1. The van der Waals surface area contributed by atoms with Gasteiger partial charge < -0.3 is 10.2 Å². The summed E-state index contributed by atoms with van der Waals surface area (Å²) in [6.07, 6.45) is 3.88. The summed E-state index contributed by atoms with van der Waals surface area (Å²) in [5, 5.41) is 11.0. The van der Waals surface area contributed by atoms with Crippen LogP contribution in [0.1, 0.15) is 29.8 Å². The van der Waals surface area contributed by atoms with E-state index in [1.54, 1.807) is 0 Å². The highest BCUT2D eigenvalue weighted by Crippen LogP contribution is 2.08. The largest absolute Gasteiger partial charge is 0.350 e. The number of nitrogens with zero attached hydrogens (tertiary/aromatic N) is 4. The molecule has 0 spiro atoms. The van der Waals surface area contributed by atoms with E-state index in [0.717, 1.165) is 31.6 Å². The maximum Gasteiger partial charge on any atom is 0.273 e. The smallest absolute Gasteiger partial charge is 0.273 e. The third-order valence-electron chi connectivity index (χ3n) is 3.79. The van der Waals surface area contributed by atoms with Crippen LogP contribution in [0.3, 0.4) is 0 Å². The highest BCUT2D eigenvalue weighted by atomic mass is 16.2. The van der Waals surface area contributed by atoms with Gasteiger partial charge in [0.1, 0.15) is 0 Å². The standard InChI is InChI=1S/C16H19N5O2/c22-15(20-10-4-5-11-20)8-9-17-16(23)14-12-18-21(19-14)13-6-2-1-3-7-13/h1-3,6-7,12H,4-5,8-11H2,(H,17,23). The Balaban J connectivity index is 1.51. The van der Waals surface area contributed by atoms with Gasteiger partial charge in [0.25, 0.3) is 5.91 Å². The minimum Gasteiger partial charge on any atom is -0.350 e. The van der Waals surface area contributed by atoms with Crippen molar-refractivity contribution >= 4 is 11.8 Å². The number of nitrogens with one attached hydrogen (secondary N) is 1. The second-order valence-electron chi connectivity index (χ2n) is 5.45. The predicted molar refractivity (Wildman–Crippen MR) is 84.1 cm³/mol. The molecule has 1 aliphatic heterocycles. The molecule has 0 radical (unpaired) electrons. The Hall–Kier alpha value is -2.70. The molecule has 7 nitrogen and oxygen atoms in total. The molecule has 7 heteroatoms. The Morgan fingerprint density at radius 1 is 1.13 bits per heavy atom. The molecule has 0 aliphatic carbocycles. The summed E-state index contributed by atoms with van der Waals surface area (Å²) in [4.78, 5) is 27.2. The van der Waals surface area contributed by atoms with Crippen molar-refractivity contribution in [3.63, 3.8) is 0 Å². The first-order valence-corrected chi connectivity index (χ1v) is 7.78. The van der Waals surface area contributed by atoms with E-state index in [4.69, 9.17) is 0 Å². The highest BCUT2D eigenvalue weighted by molar-refractivity contribution is 5.92. The van der Waals surface area contributed by atoms with Gasteiger partial charge >= 0.3 is 0 Å². The summed E-state index contributed by atoms with van der Waals surface area (Å²) in [6, 6.07) is 9.37. The number of para-hydroxylation sites is 1. The van der Waals surface area contributed by atoms with Crippen molar-refractivity contribution in [1.82, 2.24) is 25.2 Å². The van der Waals surface area contributed by atoms with E-state index >= 15 is 0 Å². The number of amides is 2. The molecule has 1 saturated heterocycles. The molecule has 3 rings (SSSR count). The van der Waals surface area contributed by atoms with E-state index in [1.807, 2.05) is 35.2 Å². The van der Waals surface area contributed by atoms with Crippen LogP contribution in [0, 0.1) is 0 Å². The topological polar surface area (TPSA) is 80.1 Å². The third kappa shape index (κ3) is 3.74. The van der Waals surface area contributed by atoms with Crippen LogP contribution in [-0.2, 0) is 4.79 Å². The first-order chi connectivity index (χ1) is 11.2. The number of hydrogen-bond donors (Lipinski definition) is 1. The summed E-state index contributed by atoms with van der Waals surface area (Å²) in [6.45, 7) is 1.97. The summed E-state index contributed by atoms with van der Waals surface area (Å²) in [5.74, 6) is -0.225. The monoisotopic (exact) mass is 313 g/mol. The van der Waals surface area contributed by atoms with Crippen LogP contribution in [0.5, 0.6) is 0 Å². The van der Waals surface area contributed by atoms with E-state index in [1.165, 1.54) is 11.0 Å². The van der Waals surface area contributed by atoms with Crippen LogP contribution in [0.2, 0.25) is 0 Å². The van der Waals surface area contributed by atoms with Gasteiger partial charge in [-0.2, -0.15) is 9.90 Å². The maximum absolute atomic E-state index is 12.0. The molecule has 120 valence electrons. The van der Waals surface area contributed by atoms with Gasteiger partial charge in [-0.1, -0.05) is 18.2 Å². The minimum absolute atomic E-state index is 0.0933. The molecule has 2 amide bonds. The van der Waals surface area contributed by atoms with Crippen LogP contribution >= 0.6 is 0 Å². The molecule has 1 fully saturated rings. The van der Waals surface area contributed by atoms with Crippen molar-refractivity contribution in [3.8, 4) is 5.69 Å². The molecule has 1 N–H and O–H groups in total. The minimum atomic E-state index is -0.318. The number of aromatic nitrogens is 3. The van der Waals surface area contributed by atoms with E-state index in [9.17, 15) is 9.59 Å². The lowest BCUT2D eigenvalue weighted by molar-refractivity contribution is -0.129. The Labute approximate surface area is 134 Å². The molecular weight excluding hydrogens is 294 g/mol. The number of benzene rings is 1. The highest BCUT2D eigenvalue weighted by Gasteiger charge is 2.18. The van der Waals surface area contributed by atoms with Crippen LogP contribution in [-0.4, -0.2) is 51.3 Å². The maximum atomic E-state index is 12.0. The molecule has 1 aliphatic rings. The zero-order valence-corrected chi connectivity index (χ0v) is 12.8. The number of carbonyl (C=O) groups excluding carboxylic acids is 2. The SMILES string of the molecule is O=C(NCCC(=O)N1CCCC1)c1cnn(-c2ccccc2)n1. The van der Waals surface area contributed by atoms with Crippen LogP contribution in [0.15, 0.2) is 36.5 Å². The fraction of sp³-hybridized carbons (Fsp3) is 0.375. The average Bonchev–Trinajstić information content (AvgIpc) is 3.27. The average molecular weight is 313 g/mol. The quantitative estimate of drug-likeness (QED) is 0.893. The molecule has 1 aromatic carbocycles. The van der Waals surface area contributed by atoms with Gasteiger partial charge in [0.15, 0.2) is 5.69 Å². The fourth-order valence-electron chi connectivity index (χ4n) is 2.55. The summed E-state index contributed by atoms with van der Waals surface area (Å²) >= 11 is 0. The lowest BCUT2D eigenvalue weighted by Gasteiger charge is -2.14. The summed E-state index contributed by atoms with van der Waals surface area (Å²) < 4.78 is 0. The molecule has 1 aromatic heterocycles. The second-order valence-corrected chi connectivity index (χ2v) is 5.45. The molecule has 2 heterocycles. The molecular formula is C16H19N5O2. The lowest BCUT2D eigenvalue weighted by atomic mass is 10.3. The van der Waals surface area contributed by atoms with Crippen molar-refractivity contribution in [2.75, 3.05) is 19.6 Å². The van der Waals surface area contributed by atoms with Gasteiger partial charge in [0.05, 0.1) is 11.9 Å². The number of hydrogen-bond acceptors (Lipinski definition) is 4. The molecule has 0 atom stereocenters. The van der Waals surface area contributed by atoms with E-state index in [2.05, 4.69) is 15.5 Å². The predicted octanol–water partition coefficient (Wildman–Crippen LogP) is 1.01. The van der Waals surface area contributed by atoms with E-state index < -0.39 is 0 Å². The number of carbonyl (C=O) groups is 2. The van der Waals surface area contributed by atoms with Gasteiger partial charge in [-0.15, -0.1) is 5.10 Å².